The molecule has 1 aromatic carbocycles. The van der Waals surface area contributed by atoms with E-state index in [9.17, 15) is 12.8 Å². The Hall–Kier alpha value is -1.92. The Morgan fingerprint density at radius 1 is 1.47 bits per heavy atom. The molecule has 0 aliphatic carbocycles. The van der Waals surface area contributed by atoms with Crippen LogP contribution in [-0.2, 0) is 10.0 Å². The van der Waals surface area contributed by atoms with Crippen molar-refractivity contribution in [2.24, 2.45) is 0 Å². The van der Waals surface area contributed by atoms with Gasteiger partial charge in [0.1, 0.15) is 22.3 Å². The first-order valence-corrected chi connectivity index (χ1v) is 7.13. The molecule has 0 amide bonds. The minimum atomic E-state index is -4.15. The van der Waals surface area contributed by atoms with Gasteiger partial charge in [-0.05, 0) is 18.2 Å². The number of hydrogen-bond donors (Lipinski definition) is 2. The van der Waals surface area contributed by atoms with Crippen molar-refractivity contribution in [2.75, 3.05) is 4.72 Å². The average Bonchev–Trinajstić information content (AvgIpc) is 2.78. The number of nitrogens with one attached hydrogen (secondary N) is 2. The van der Waals surface area contributed by atoms with Gasteiger partial charge < -0.3 is 0 Å². The maximum atomic E-state index is 13.5. The molecule has 0 spiro atoms. The van der Waals surface area contributed by atoms with E-state index in [2.05, 4.69) is 30.8 Å². The summed E-state index contributed by atoms with van der Waals surface area (Å²) in [5, 5.41) is 14.6. The van der Waals surface area contributed by atoms with Gasteiger partial charge in [0.05, 0.1) is 6.20 Å². The molecule has 0 unspecified atom stereocenters. The van der Waals surface area contributed by atoms with Crippen LogP contribution in [0.25, 0.3) is 0 Å². The molecule has 9 heteroatoms. The van der Waals surface area contributed by atoms with Crippen molar-refractivity contribution >= 4 is 31.8 Å². The lowest BCUT2D eigenvalue weighted by Gasteiger charge is -2.07. The van der Waals surface area contributed by atoms with Gasteiger partial charge >= 0.3 is 0 Å². The van der Waals surface area contributed by atoms with Crippen LogP contribution in [0.1, 0.15) is 5.56 Å². The largest absolute Gasteiger partial charge is 0.266 e. The lowest BCUT2D eigenvalue weighted by molar-refractivity contribution is 0.570. The second-order valence-corrected chi connectivity index (χ2v) is 6.02. The quantitative estimate of drug-likeness (QED) is 0.889. The van der Waals surface area contributed by atoms with Gasteiger partial charge in [0.2, 0.25) is 0 Å². The van der Waals surface area contributed by atoms with E-state index >= 15 is 0 Å². The Bertz CT molecular complexity index is 766. The summed E-state index contributed by atoms with van der Waals surface area (Å²) in [6.07, 6.45) is 1.16. The van der Waals surface area contributed by atoms with Crippen LogP contribution in [0.2, 0.25) is 0 Å². The Kier molecular flexibility index (Phi) is 3.55. The zero-order valence-electron chi connectivity index (χ0n) is 9.18. The van der Waals surface area contributed by atoms with Gasteiger partial charge in [-0.2, -0.15) is 10.4 Å². The number of nitrogens with zero attached hydrogens (tertiary/aromatic N) is 2. The molecule has 0 bridgehead atoms. The number of hydrogen-bond acceptors (Lipinski definition) is 4. The van der Waals surface area contributed by atoms with Gasteiger partial charge in [0.25, 0.3) is 10.0 Å². The molecule has 0 atom stereocenters. The Morgan fingerprint density at radius 2 is 2.21 bits per heavy atom. The molecule has 0 saturated heterocycles. The minimum absolute atomic E-state index is 0.0129. The molecule has 0 saturated carbocycles. The molecule has 2 aromatic rings. The molecule has 2 rings (SSSR count). The number of benzene rings is 1. The van der Waals surface area contributed by atoms with Gasteiger partial charge in [-0.25, -0.2) is 12.8 Å². The van der Waals surface area contributed by atoms with Crippen LogP contribution >= 0.6 is 15.9 Å². The lowest BCUT2D eigenvalue weighted by Crippen LogP contribution is -2.15. The fourth-order valence-corrected chi connectivity index (χ4v) is 2.97. The summed E-state index contributed by atoms with van der Waals surface area (Å²) in [5.41, 5.74) is 0.0129. The monoisotopic (exact) mass is 344 g/mol. The fraction of sp³-hybridized carbons (Fsp3) is 0. The molecule has 1 heterocycles. The van der Waals surface area contributed by atoms with Crippen molar-refractivity contribution < 1.29 is 12.8 Å². The molecule has 1 aromatic heterocycles. The number of sulfonamides is 1. The number of aromatic amines is 1. The summed E-state index contributed by atoms with van der Waals surface area (Å²) in [7, 11) is -4.15. The number of anilines is 1. The summed E-state index contributed by atoms with van der Waals surface area (Å²) in [5.74, 6) is -1.00. The zero-order valence-corrected chi connectivity index (χ0v) is 11.6. The van der Waals surface area contributed by atoms with Crippen LogP contribution < -0.4 is 4.72 Å². The maximum Gasteiger partial charge on any atom is 0.266 e. The van der Waals surface area contributed by atoms with Crippen molar-refractivity contribution in [3.05, 3.63) is 40.2 Å². The average molecular weight is 345 g/mol. The van der Waals surface area contributed by atoms with Crippen molar-refractivity contribution in [1.82, 2.24) is 10.2 Å². The Morgan fingerprint density at radius 3 is 2.89 bits per heavy atom. The fourth-order valence-electron chi connectivity index (χ4n) is 1.32. The predicted octanol–water partition coefficient (Wildman–Crippen LogP) is 1.98. The number of H-pyrrole nitrogens is 1. The minimum Gasteiger partial charge on any atom is -0.263 e. The van der Waals surface area contributed by atoms with E-state index in [-0.39, 0.29) is 11.4 Å². The molecular weight excluding hydrogens is 339 g/mol. The molecule has 0 radical (unpaired) electrons. The lowest BCUT2D eigenvalue weighted by atomic mass is 10.3. The molecule has 0 aliphatic heterocycles. The van der Waals surface area contributed by atoms with E-state index in [0.717, 1.165) is 18.3 Å². The van der Waals surface area contributed by atoms with Crippen LogP contribution in [-0.4, -0.2) is 18.6 Å². The second-order valence-electron chi connectivity index (χ2n) is 3.45. The van der Waals surface area contributed by atoms with E-state index in [1.165, 1.54) is 6.07 Å². The van der Waals surface area contributed by atoms with E-state index in [4.69, 9.17) is 5.26 Å². The number of nitriles is 1. The highest BCUT2D eigenvalue weighted by atomic mass is 79.9. The van der Waals surface area contributed by atoms with Gasteiger partial charge in [-0.3, -0.25) is 9.82 Å². The summed E-state index contributed by atoms with van der Waals surface area (Å²) in [4.78, 5) is -0.527. The van der Waals surface area contributed by atoms with Crippen molar-refractivity contribution in [3.63, 3.8) is 0 Å². The van der Waals surface area contributed by atoms with Gasteiger partial charge in [-0.1, -0.05) is 15.9 Å². The topological polar surface area (TPSA) is 98.6 Å². The molecule has 0 fully saturated rings. The predicted molar refractivity (Wildman–Crippen MR) is 68.2 cm³/mol. The van der Waals surface area contributed by atoms with Crippen molar-refractivity contribution in [3.8, 4) is 6.07 Å². The maximum absolute atomic E-state index is 13.5. The third kappa shape index (κ3) is 2.74. The summed E-state index contributed by atoms with van der Waals surface area (Å²) in [6, 6.07) is 5.28. The van der Waals surface area contributed by atoms with Crippen LogP contribution in [0.3, 0.4) is 0 Å². The standard InChI is InChI=1S/C10H6BrFN4O2S/c11-7-1-2-8(12)9(3-7)19(17,18)16-10-6(4-13)5-14-15-10/h1-3,5H,(H2,14,15,16). The third-order valence-corrected chi connectivity index (χ3v) is 4.04. The first-order chi connectivity index (χ1) is 8.94. The first-order valence-electron chi connectivity index (χ1n) is 4.85. The zero-order chi connectivity index (χ0) is 14.0. The third-order valence-electron chi connectivity index (χ3n) is 2.18. The van der Waals surface area contributed by atoms with Gasteiger partial charge in [0, 0.05) is 4.47 Å². The van der Waals surface area contributed by atoms with Crippen molar-refractivity contribution in [2.45, 2.75) is 4.90 Å². The molecule has 2 N–H and O–H groups in total. The van der Waals surface area contributed by atoms with E-state index in [1.54, 1.807) is 6.07 Å². The molecule has 98 valence electrons. The highest BCUT2D eigenvalue weighted by molar-refractivity contribution is 9.10. The van der Waals surface area contributed by atoms with Gasteiger partial charge in [-0.15, -0.1) is 0 Å². The summed E-state index contributed by atoms with van der Waals surface area (Å²) >= 11 is 3.06. The number of aromatic nitrogens is 2. The first kappa shape index (κ1) is 13.5. The van der Waals surface area contributed by atoms with E-state index < -0.39 is 20.7 Å². The number of halogens is 2. The second kappa shape index (κ2) is 4.99. The SMILES string of the molecule is N#Cc1cn[nH]c1NS(=O)(=O)c1cc(Br)ccc1F. The van der Waals surface area contributed by atoms with Crippen LogP contribution in [0.15, 0.2) is 33.8 Å². The highest BCUT2D eigenvalue weighted by Gasteiger charge is 2.21. The molecular formula is C10H6BrFN4O2S. The molecule has 0 aliphatic rings. The number of rotatable bonds is 3. The van der Waals surface area contributed by atoms with E-state index in [1.807, 2.05) is 0 Å². The normalized spacial score (nSPS) is 11.0. The molecule has 19 heavy (non-hydrogen) atoms. The van der Waals surface area contributed by atoms with E-state index in [0.29, 0.717) is 4.47 Å². The summed E-state index contributed by atoms with van der Waals surface area (Å²) < 4.78 is 40.1. The van der Waals surface area contributed by atoms with Crippen LogP contribution in [0, 0.1) is 17.1 Å². The van der Waals surface area contributed by atoms with Crippen LogP contribution in [0.5, 0.6) is 0 Å². The van der Waals surface area contributed by atoms with Crippen molar-refractivity contribution in [1.29, 1.82) is 5.26 Å². The smallest absolute Gasteiger partial charge is 0.263 e. The molecule has 6 nitrogen and oxygen atoms in total. The highest BCUT2D eigenvalue weighted by Crippen LogP contribution is 2.22. The summed E-state index contributed by atoms with van der Waals surface area (Å²) in [6.45, 7) is 0. The van der Waals surface area contributed by atoms with Gasteiger partial charge in [0.15, 0.2) is 5.82 Å². The Balaban J connectivity index is 2.44. The Labute approximate surface area is 116 Å². The van der Waals surface area contributed by atoms with Crippen LogP contribution in [0.4, 0.5) is 10.2 Å².